The Balaban J connectivity index is 1.80. The quantitative estimate of drug-likeness (QED) is 0.537. The van der Waals surface area contributed by atoms with Gasteiger partial charge in [0.15, 0.2) is 5.01 Å². The molecule has 2 aromatic heterocycles. The first-order valence-electron chi connectivity index (χ1n) is 11.9. The summed E-state index contributed by atoms with van der Waals surface area (Å²) >= 11 is 0.723. The lowest BCUT2D eigenvalue weighted by atomic mass is 9.89. The third kappa shape index (κ3) is 5.49. The predicted octanol–water partition coefficient (Wildman–Crippen LogP) is 4.31. The molecule has 0 radical (unpaired) electrons. The molecular weight excluding hydrogens is 495 g/mol. The van der Waals surface area contributed by atoms with E-state index in [0.29, 0.717) is 19.4 Å². The number of hydrogen-bond acceptors (Lipinski definition) is 7. The van der Waals surface area contributed by atoms with Crippen molar-refractivity contribution in [2.24, 2.45) is 0 Å². The van der Waals surface area contributed by atoms with Crippen molar-refractivity contribution in [1.29, 1.82) is 0 Å². The highest BCUT2D eigenvalue weighted by Crippen LogP contribution is 2.42. The third-order valence-electron chi connectivity index (χ3n) is 6.35. The standard InChI is InChI=1S/C24H30F3N5O3S/c1-12-6-5-9-32(12)22(35)18-19(36-21(30-18)20(34)29-15-7-8-16(15)33)13-11-28-17(31-23(2,3)4)10-14(13)24(25,26)27/h10-12,15-16,33H,5-9H2,1-4H3,(H,28,31)(H,29,34)/t12-,15-,16-/m0/s1. The smallest absolute Gasteiger partial charge is 0.391 e. The van der Waals surface area contributed by atoms with Gasteiger partial charge in [0, 0.05) is 29.9 Å². The van der Waals surface area contributed by atoms with Crippen molar-refractivity contribution >= 4 is 29.0 Å². The van der Waals surface area contributed by atoms with E-state index in [-0.39, 0.29) is 33.0 Å². The van der Waals surface area contributed by atoms with Crippen molar-refractivity contribution in [1.82, 2.24) is 20.2 Å². The van der Waals surface area contributed by atoms with Crippen molar-refractivity contribution in [2.45, 2.75) is 83.3 Å². The summed E-state index contributed by atoms with van der Waals surface area (Å²) in [5.41, 5.74) is -2.00. The van der Waals surface area contributed by atoms with Crippen LogP contribution in [0.1, 0.15) is 79.2 Å². The molecule has 3 heterocycles. The monoisotopic (exact) mass is 525 g/mol. The minimum Gasteiger partial charge on any atom is -0.391 e. The molecule has 2 aromatic rings. The molecule has 36 heavy (non-hydrogen) atoms. The van der Waals surface area contributed by atoms with Gasteiger partial charge >= 0.3 is 6.18 Å². The molecular formula is C24H30F3N5O3S. The Morgan fingerprint density at radius 1 is 1.19 bits per heavy atom. The van der Waals surface area contributed by atoms with Crippen molar-refractivity contribution < 1.29 is 27.9 Å². The lowest BCUT2D eigenvalue weighted by molar-refractivity contribution is -0.137. The molecule has 8 nitrogen and oxygen atoms in total. The second-order valence-electron chi connectivity index (χ2n) is 10.4. The van der Waals surface area contributed by atoms with Crippen LogP contribution in [-0.2, 0) is 6.18 Å². The maximum atomic E-state index is 14.2. The van der Waals surface area contributed by atoms with Crippen LogP contribution in [-0.4, -0.2) is 62.1 Å². The molecule has 0 unspecified atom stereocenters. The van der Waals surface area contributed by atoms with Crippen LogP contribution in [0.15, 0.2) is 12.3 Å². The maximum absolute atomic E-state index is 14.2. The van der Waals surface area contributed by atoms with Gasteiger partial charge in [-0.05, 0) is 59.4 Å². The van der Waals surface area contributed by atoms with E-state index < -0.39 is 41.2 Å². The van der Waals surface area contributed by atoms with Crippen LogP contribution in [0.2, 0.25) is 0 Å². The number of pyridine rings is 1. The van der Waals surface area contributed by atoms with Gasteiger partial charge in [0.05, 0.1) is 22.6 Å². The number of hydrogen-bond donors (Lipinski definition) is 3. The van der Waals surface area contributed by atoms with E-state index in [1.807, 2.05) is 6.92 Å². The second-order valence-corrected chi connectivity index (χ2v) is 11.4. The van der Waals surface area contributed by atoms with Gasteiger partial charge in [-0.3, -0.25) is 9.59 Å². The molecule has 2 fully saturated rings. The molecule has 3 N–H and O–H groups in total. The zero-order chi connectivity index (χ0) is 26.4. The van der Waals surface area contributed by atoms with Gasteiger partial charge in [-0.1, -0.05) is 0 Å². The number of anilines is 1. The second kappa shape index (κ2) is 9.62. The molecule has 4 rings (SSSR count). The van der Waals surface area contributed by atoms with Crippen LogP contribution in [0, 0.1) is 0 Å². The third-order valence-corrected chi connectivity index (χ3v) is 7.44. The molecule has 0 spiro atoms. The van der Waals surface area contributed by atoms with Crippen LogP contribution in [0.4, 0.5) is 19.0 Å². The van der Waals surface area contributed by atoms with E-state index in [0.717, 1.165) is 36.4 Å². The largest absolute Gasteiger partial charge is 0.417 e. The van der Waals surface area contributed by atoms with E-state index in [4.69, 9.17) is 0 Å². The molecule has 1 aliphatic heterocycles. The molecule has 1 saturated heterocycles. The Bertz CT molecular complexity index is 1160. The zero-order valence-corrected chi connectivity index (χ0v) is 21.4. The first-order chi connectivity index (χ1) is 16.7. The number of thiazole rings is 1. The predicted molar refractivity (Wildman–Crippen MR) is 130 cm³/mol. The van der Waals surface area contributed by atoms with Crippen molar-refractivity contribution in [2.75, 3.05) is 11.9 Å². The number of aliphatic hydroxyl groups excluding tert-OH is 1. The van der Waals surface area contributed by atoms with Crippen molar-refractivity contribution in [3.8, 4) is 10.4 Å². The molecule has 2 amide bonds. The number of nitrogens with zero attached hydrogens (tertiary/aromatic N) is 3. The van der Waals surface area contributed by atoms with Gasteiger partial charge < -0.3 is 20.6 Å². The Hall–Kier alpha value is -2.73. The topological polar surface area (TPSA) is 107 Å². The number of aliphatic hydroxyl groups is 1. The van der Waals surface area contributed by atoms with E-state index in [2.05, 4.69) is 20.6 Å². The number of likely N-dealkylation sites (tertiary alicyclic amines) is 1. The molecule has 0 aromatic carbocycles. The Morgan fingerprint density at radius 2 is 1.92 bits per heavy atom. The lowest BCUT2D eigenvalue weighted by Gasteiger charge is -2.32. The highest BCUT2D eigenvalue weighted by atomic mass is 32.1. The summed E-state index contributed by atoms with van der Waals surface area (Å²) in [5, 5.41) is 15.3. The lowest BCUT2D eigenvalue weighted by Crippen LogP contribution is -2.50. The summed E-state index contributed by atoms with van der Waals surface area (Å²) in [6.45, 7) is 7.74. The average molecular weight is 526 g/mol. The SMILES string of the molecule is C[C@H]1CCCN1C(=O)c1nc(C(=O)N[C@H]2CC[C@@H]2O)sc1-c1cnc(NC(C)(C)C)cc1C(F)(F)F. The normalized spacial score (nSPS) is 22.3. The van der Waals surface area contributed by atoms with Gasteiger partial charge in [0.2, 0.25) is 0 Å². The van der Waals surface area contributed by atoms with Crippen LogP contribution >= 0.6 is 11.3 Å². The molecule has 1 aliphatic carbocycles. The van der Waals surface area contributed by atoms with Crippen LogP contribution in [0.3, 0.4) is 0 Å². The molecule has 2 aliphatic rings. The number of aromatic nitrogens is 2. The zero-order valence-electron chi connectivity index (χ0n) is 20.6. The fourth-order valence-electron chi connectivity index (χ4n) is 4.32. The Morgan fingerprint density at radius 3 is 2.44 bits per heavy atom. The van der Waals surface area contributed by atoms with E-state index in [1.165, 1.54) is 0 Å². The van der Waals surface area contributed by atoms with Crippen molar-refractivity contribution in [3.63, 3.8) is 0 Å². The van der Waals surface area contributed by atoms with E-state index in [9.17, 15) is 27.9 Å². The summed E-state index contributed by atoms with van der Waals surface area (Å²) in [6.07, 6.45) is -1.64. The summed E-state index contributed by atoms with van der Waals surface area (Å²) in [4.78, 5) is 36.2. The number of alkyl halides is 3. The highest BCUT2D eigenvalue weighted by molar-refractivity contribution is 7.17. The van der Waals surface area contributed by atoms with Crippen LogP contribution in [0.25, 0.3) is 10.4 Å². The van der Waals surface area contributed by atoms with Gasteiger partial charge in [-0.2, -0.15) is 13.2 Å². The molecule has 1 saturated carbocycles. The minimum atomic E-state index is -4.74. The molecule has 0 bridgehead atoms. The number of carbonyl (C=O) groups excluding carboxylic acids is 2. The average Bonchev–Trinajstić information content (AvgIpc) is 3.41. The van der Waals surface area contributed by atoms with Gasteiger partial charge in [-0.25, -0.2) is 9.97 Å². The fourth-order valence-corrected chi connectivity index (χ4v) is 5.30. The number of rotatable bonds is 5. The highest BCUT2D eigenvalue weighted by Gasteiger charge is 2.39. The van der Waals surface area contributed by atoms with Gasteiger partial charge in [0.25, 0.3) is 11.8 Å². The van der Waals surface area contributed by atoms with E-state index >= 15 is 0 Å². The fraction of sp³-hybridized carbons (Fsp3) is 0.583. The molecule has 12 heteroatoms. The Labute approximate surface area is 211 Å². The minimum absolute atomic E-state index is 0.0427. The first-order valence-corrected chi connectivity index (χ1v) is 12.7. The Kier molecular flexibility index (Phi) is 7.04. The number of amides is 2. The first kappa shape index (κ1) is 26.3. The summed E-state index contributed by atoms with van der Waals surface area (Å²) in [5.74, 6) is -1.11. The summed E-state index contributed by atoms with van der Waals surface area (Å²) < 4.78 is 42.6. The van der Waals surface area contributed by atoms with Crippen molar-refractivity contribution in [3.05, 3.63) is 28.5 Å². The number of halogens is 3. The molecule has 3 atom stereocenters. The van der Waals surface area contributed by atoms with Gasteiger partial charge in [0.1, 0.15) is 11.5 Å². The number of nitrogens with one attached hydrogen (secondary N) is 2. The summed E-state index contributed by atoms with van der Waals surface area (Å²) in [7, 11) is 0. The number of carbonyl (C=O) groups is 2. The van der Waals surface area contributed by atoms with Crippen LogP contribution in [0.5, 0.6) is 0 Å². The van der Waals surface area contributed by atoms with Crippen LogP contribution < -0.4 is 10.6 Å². The van der Waals surface area contributed by atoms with E-state index in [1.54, 1.807) is 25.7 Å². The summed E-state index contributed by atoms with van der Waals surface area (Å²) in [6, 6.07) is 0.378. The van der Waals surface area contributed by atoms with Gasteiger partial charge in [-0.15, -0.1) is 11.3 Å². The molecule has 196 valence electrons. The maximum Gasteiger partial charge on any atom is 0.417 e.